The first kappa shape index (κ1) is 18.2. The van der Waals surface area contributed by atoms with Crippen molar-refractivity contribution in [3.05, 3.63) is 24.4 Å². The number of amides is 2. The Morgan fingerprint density at radius 2 is 2.00 bits per heavy atom. The van der Waals surface area contributed by atoms with E-state index in [9.17, 15) is 9.59 Å². The lowest BCUT2D eigenvalue weighted by molar-refractivity contribution is -0.138. The molecule has 2 N–H and O–H groups in total. The number of hydrogen-bond donors (Lipinski definition) is 2. The molecule has 4 heterocycles. The number of piperazine rings is 1. The van der Waals surface area contributed by atoms with Crippen LogP contribution in [0.1, 0.15) is 19.3 Å². The summed E-state index contributed by atoms with van der Waals surface area (Å²) in [5, 5.41) is 0. The average Bonchev–Trinajstić information content (AvgIpc) is 2.74. The van der Waals surface area contributed by atoms with E-state index in [1.807, 2.05) is 29.3 Å². The highest BCUT2D eigenvalue weighted by atomic mass is 16.2. The van der Waals surface area contributed by atoms with Crippen molar-refractivity contribution in [1.29, 1.82) is 0 Å². The van der Waals surface area contributed by atoms with Crippen LogP contribution in [0.2, 0.25) is 0 Å². The Morgan fingerprint density at radius 3 is 2.74 bits per heavy atom. The SMILES string of the molecule is O=C1CC(N2CCCC(C(=O)N3CCN(c4ccccn4)CC3)C2)CNN1. The number of anilines is 1. The summed E-state index contributed by atoms with van der Waals surface area (Å²) in [6.45, 7) is 5.63. The van der Waals surface area contributed by atoms with Crippen molar-refractivity contribution >= 4 is 17.6 Å². The van der Waals surface area contributed by atoms with Gasteiger partial charge in [-0.25, -0.2) is 10.4 Å². The van der Waals surface area contributed by atoms with E-state index in [4.69, 9.17) is 0 Å². The third-order valence-corrected chi connectivity index (χ3v) is 5.87. The lowest BCUT2D eigenvalue weighted by Gasteiger charge is -2.42. The first-order valence-electron chi connectivity index (χ1n) is 9.91. The Morgan fingerprint density at radius 1 is 1.15 bits per heavy atom. The lowest BCUT2D eigenvalue weighted by Crippen LogP contribution is -2.58. The fourth-order valence-corrected chi connectivity index (χ4v) is 4.36. The fraction of sp³-hybridized carbons (Fsp3) is 0.632. The highest BCUT2D eigenvalue weighted by molar-refractivity contribution is 5.79. The number of hydrazine groups is 1. The number of carbonyl (C=O) groups is 2. The predicted octanol–water partition coefficient (Wildman–Crippen LogP) is -0.165. The Balaban J connectivity index is 1.31. The molecule has 8 heteroatoms. The number of likely N-dealkylation sites (tertiary alicyclic amines) is 1. The summed E-state index contributed by atoms with van der Waals surface area (Å²) in [5.41, 5.74) is 5.62. The normalized spacial score (nSPS) is 27.3. The topological polar surface area (TPSA) is 80.8 Å². The van der Waals surface area contributed by atoms with Gasteiger partial charge in [-0.15, -0.1) is 0 Å². The van der Waals surface area contributed by atoms with Crippen LogP contribution in [-0.2, 0) is 9.59 Å². The maximum atomic E-state index is 13.1. The summed E-state index contributed by atoms with van der Waals surface area (Å²) in [5.74, 6) is 1.33. The third-order valence-electron chi connectivity index (χ3n) is 5.87. The molecule has 0 saturated carbocycles. The Kier molecular flexibility index (Phi) is 5.54. The maximum Gasteiger partial charge on any atom is 0.235 e. The summed E-state index contributed by atoms with van der Waals surface area (Å²) < 4.78 is 0. The van der Waals surface area contributed by atoms with Crippen LogP contribution in [0.3, 0.4) is 0 Å². The summed E-state index contributed by atoms with van der Waals surface area (Å²) in [6, 6.07) is 6.13. The highest BCUT2D eigenvalue weighted by Gasteiger charge is 2.34. The van der Waals surface area contributed by atoms with Crippen molar-refractivity contribution in [2.45, 2.75) is 25.3 Å². The summed E-state index contributed by atoms with van der Waals surface area (Å²) in [7, 11) is 0. The minimum atomic E-state index is 0.0327. The van der Waals surface area contributed by atoms with E-state index in [1.54, 1.807) is 0 Å². The summed E-state index contributed by atoms with van der Waals surface area (Å²) in [4.78, 5) is 35.7. The number of pyridine rings is 1. The van der Waals surface area contributed by atoms with Crippen LogP contribution in [0.15, 0.2) is 24.4 Å². The molecule has 3 saturated heterocycles. The molecule has 8 nitrogen and oxygen atoms in total. The van der Waals surface area contributed by atoms with Gasteiger partial charge in [0.2, 0.25) is 11.8 Å². The monoisotopic (exact) mass is 372 g/mol. The van der Waals surface area contributed by atoms with Crippen molar-refractivity contribution in [2.24, 2.45) is 5.92 Å². The number of rotatable bonds is 3. The summed E-state index contributed by atoms with van der Waals surface area (Å²) in [6.07, 6.45) is 4.28. The maximum absolute atomic E-state index is 13.1. The van der Waals surface area contributed by atoms with Crippen molar-refractivity contribution in [1.82, 2.24) is 25.6 Å². The van der Waals surface area contributed by atoms with Gasteiger partial charge in [0.15, 0.2) is 0 Å². The highest BCUT2D eigenvalue weighted by Crippen LogP contribution is 2.23. The van der Waals surface area contributed by atoms with Crippen LogP contribution >= 0.6 is 0 Å². The van der Waals surface area contributed by atoms with E-state index in [1.165, 1.54) is 0 Å². The van der Waals surface area contributed by atoms with E-state index < -0.39 is 0 Å². The minimum absolute atomic E-state index is 0.0327. The van der Waals surface area contributed by atoms with Gasteiger partial charge in [-0.2, -0.15) is 0 Å². The Hall–Kier alpha value is -2.19. The van der Waals surface area contributed by atoms with Crippen LogP contribution in [0.25, 0.3) is 0 Å². The fourth-order valence-electron chi connectivity index (χ4n) is 4.36. The molecule has 0 radical (unpaired) electrons. The minimum Gasteiger partial charge on any atom is -0.353 e. The molecule has 0 aromatic carbocycles. The molecular formula is C19H28N6O2. The molecule has 0 bridgehead atoms. The zero-order valence-corrected chi connectivity index (χ0v) is 15.6. The number of aromatic nitrogens is 1. The number of nitrogens with one attached hydrogen (secondary N) is 2. The second-order valence-corrected chi connectivity index (χ2v) is 7.62. The summed E-state index contributed by atoms with van der Waals surface area (Å²) >= 11 is 0. The predicted molar refractivity (Wildman–Crippen MR) is 102 cm³/mol. The zero-order valence-electron chi connectivity index (χ0n) is 15.6. The third kappa shape index (κ3) is 4.22. The van der Waals surface area contributed by atoms with Gasteiger partial charge in [0.05, 0.1) is 5.92 Å². The van der Waals surface area contributed by atoms with Crippen molar-refractivity contribution in [3.8, 4) is 0 Å². The molecule has 1 aromatic heterocycles. The van der Waals surface area contributed by atoms with E-state index in [0.29, 0.717) is 6.42 Å². The van der Waals surface area contributed by atoms with Crippen molar-refractivity contribution < 1.29 is 9.59 Å². The van der Waals surface area contributed by atoms with Gasteiger partial charge in [-0.05, 0) is 31.5 Å². The first-order chi connectivity index (χ1) is 13.2. The van der Waals surface area contributed by atoms with E-state index in [0.717, 1.165) is 64.5 Å². The van der Waals surface area contributed by atoms with Crippen molar-refractivity contribution in [2.75, 3.05) is 50.7 Å². The van der Waals surface area contributed by atoms with Gasteiger partial charge in [0, 0.05) is 57.9 Å². The number of carbonyl (C=O) groups excluding carboxylic acids is 2. The second kappa shape index (κ2) is 8.22. The van der Waals surface area contributed by atoms with Gasteiger partial charge < -0.3 is 9.80 Å². The molecule has 27 heavy (non-hydrogen) atoms. The number of hydrogen-bond acceptors (Lipinski definition) is 6. The average molecular weight is 372 g/mol. The Labute approximate surface area is 159 Å². The first-order valence-corrected chi connectivity index (χ1v) is 9.91. The Bertz CT molecular complexity index is 661. The quantitative estimate of drug-likeness (QED) is 0.767. The van der Waals surface area contributed by atoms with Crippen LogP contribution in [-0.4, -0.2) is 78.5 Å². The van der Waals surface area contributed by atoms with Gasteiger partial charge in [0.1, 0.15) is 5.82 Å². The lowest BCUT2D eigenvalue weighted by atomic mass is 9.94. The molecule has 3 fully saturated rings. The van der Waals surface area contributed by atoms with Gasteiger partial charge >= 0.3 is 0 Å². The molecule has 3 aliphatic rings. The van der Waals surface area contributed by atoms with Crippen LogP contribution in [0.4, 0.5) is 5.82 Å². The molecule has 3 aliphatic heterocycles. The molecule has 4 rings (SSSR count). The molecule has 2 unspecified atom stereocenters. The van der Waals surface area contributed by atoms with E-state index >= 15 is 0 Å². The standard InChI is InChI=1S/C19H28N6O2/c26-18-12-16(13-21-22-18)25-7-3-4-15(14-25)19(27)24-10-8-23(9-11-24)17-5-1-2-6-20-17/h1-2,5-6,15-16,21H,3-4,7-14H2,(H,22,26). The molecule has 2 atom stereocenters. The second-order valence-electron chi connectivity index (χ2n) is 7.62. The van der Waals surface area contributed by atoms with Crippen LogP contribution < -0.4 is 15.8 Å². The van der Waals surface area contributed by atoms with Gasteiger partial charge in [0.25, 0.3) is 0 Å². The van der Waals surface area contributed by atoms with Gasteiger partial charge in [-0.3, -0.25) is 19.9 Å². The van der Waals surface area contributed by atoms with Crippen LogP contribution in [0, 0.1) is 5.92 Å². The largest absolute Gasteiger partial charge is 0.353 e. The number of piperidine rings is 1. The number of nitrogens with zero attached hydrogens (tertiary/aromatic N) is 4. The molecule has 2 amide bonds. The smallest absolute Gasteiger partial charge is 0.235 e. The van der Waals surface area contributed by atoms with Crippen molar-refractivity contribution in [3.63, 3.8) is 0 Å². The molecule has 0 aliphatic carbocycles. The van der Waals surface area contributed by atoms with Gasteiger partial charge in [-0.1, -0.05) is 6.07 Å². The van der Waals surface area contributed by atoms with E-state index in [-0.39, 0.29) is 23.8 Å². The molecular weight excluding hydrogens is 344 g/mol. The van der Waals surface area contributed by atoms with Crippen LogP contribution in [0.5, 0.6) is 0 Å². The zero-order chi connectivity index (χ0) is 18.6. The van der Waals surface area contributed by atoms with E-state index in [2.05, 4.69) is 25.6 Å². The molecule has 146 valence electrons. The molecule has 0 spiro atoms. The molecule has 1 aromatic rings.